The van der Waals surface area contributed by atoms with Gasteiger partial charge in [0.25, 0.3) is 0 Å². The highest BCUT2D eigenvalue weighted by atomic mass is 19.4. The number of pyridine rings is 1. The Hall–Kier alpha value is -2.61. The van der Waals surface area contributed by atoms with E-state index in [1.54, 1.807) is 11.8 Å². The first kappa shape index (κ1) is 21.1. The van der Waals surface area contributed by atoms with Crippen molar-refractivity contribution < 1.29 is 22.7 Å². The molecule has 0 atom stereocenters. The third-order valence-corrected chi connectivity index (χ3v) is 5.38. The highest BCUT2D eigenvalue weighted by Crippen LogP contribution is 2.39. The summed E-state index contributed by atoms with van der Waals surface area (Å²) in [5.74, 6) is -0.0743. The van der Waals surface area contributed by atoms with Crippen molar-refractivity contribution in [3.05, 3.63) is 59.3 Å². The normalized spacial score (nSPS) is 16.5. The third kappa shape index (κ3) is 4.22. The average Bonchev–Trinajstić information content (AvgIpc) is 2.73. The molecule has 0 aliphatic carbocycles. The van der Waals surface area contributed by atoms with Crippen LogP contribution in [0, 0.1) is 0 Å². The smallest absolute Gasteiger partial charge is 0.433 e. The fourth-order valence-corrected chi connectivity index (χ4v) is 3.81. The maximum atomic E-state index is 13.1. The monoisotopic (exact) mass is 407 g/mol. The van der Waals surface area contributed by atoms with E-state index in [2.05, 4.69) is 4.98 Å². The number of aromatic nitrogens is 1. The van der Waals surface area contributed by atoms with Gasteiger partial charge in [0.15, 0.2) is 0 Å². The van der Waals surface area contributed by atoms with Gasteiger partial charge in [-0.1, -0.05) is 36.4 Å². The molecule has 5 nitrogen and oxygen atoms in total. The zero-order chi connectivity index (χ0) is 21.1. The first-order valence-electron chi connectivity index (χ1n) is 9.56. The zero-order valence-electron chi connectivity index (χ0n) is 16.2. The van der Waals surface area contributed by atoms with E-state index in [1.807, 2.05) is 30.3 Å². The van der Waals surface area contributed by atoms with Crippen molar-refractivity contribution in [1.29, 1.82) is 0 Å². The number of anilines is 1. The Labute approximate surface area is 167 Å². The summed E-state index contributed by atoms with van der Waals surface area (Å²) in [5, 5.41) is 0. The number of alkyl halides is 3. The number of nitrogens with two attached hydrogens (primary N) is 1. The number of halogens is 3. The van der Waals surface area contributed by atoms with Crippen molar-refractivity contribution in [3.8, 4) is 0 Å². The van der Waals surface area contributed by atoms with Crippen molar-refractivity contribution >= 4 is 11.8 Å². The predicted molar refractivity (Wildman–Crippen MR) is 103 cm³/mol. The van der Waals surface area contributed by atoms with Crippen molar-refractivity contribution in [2.75, 3.05) is 24.6 Å². The standard InChI is InChI=1S/C21H24F3N3O2/c1-2-29-19(28)20(16-6-4-3-5-7-16)10-12-27(13-11-20)18-15(14-25)8-9-17(26-18)21(22,23)24/h3-9H,2,10-14,25H2,1H3. The van der Waals surface area contributed by atoms with Crippen molar-refractivity contribution in [2.24, 2.45) is 5.73 Å². The Morgan fingerprint density at radius 1 is 1.17 bits per heavy atom. The lowest BCUT2D eigenvalue weighted by atomic mass is 9.72. The zero-order valence-corrected chi connectivity index (χ0v) is 16.2. The molecule has 156 valence electrons. The minimum Gasteiger partial charge on any atom is -0.465 e. The summed E-state index contributed by atoms with van der Waals surface area (Å²) in [5.41, 5.74) is 5.35. The topological polar surface area (TPSA) is 68.5 Å². The molecule has 29 heavy (non-hydrogen) atoms. The first-order valence-corrected chi connectivity index (χ1v) is 9.56. The number of piperidine rings is 1. The Bertz CT molecular complexity index is 848. The largest absolute Gasteiger partial charge is 0.465 e. The molecule has 0 radical (unpaired) electrons. The number of hydrogen-bond acceptors (Lipinski definition) is 5. The van der Waals surface area contributed by atoms with E-state index < -0.39 is 17.3 Å². The molecule has 2 aromatic rings. The Morgan fingerprint density at radius 3 is 2.38 bits per heavy atom. The van der Waals surface area contributed by atoms with Crippen LogP contribution in [0.25, 0.3) is 0 Å². The minimum absolute atomic E-state index is 0.0820. The molecule has 2 heterocycles. The second kappa shape index (κ2) is 8.41. The van der Waals surface area contributed by atoms with Crippen LogP contribution in [-0.2, 0) is 27.7 Å². The van der Waals surface area contributed by atoms with E-state index in [1.165, 1.54) is 6.07 Å². The van der Waals surface area contributed by atoms with Crippen LogP contribution in [0.4, 0.5) is 19.0 Å². The maximum Gasteiger partial charge on any atom is 0.433 e. The molecule has 8 heteroatoms. The van der Waals surface area contributed by atoms with Gasteiger partial charge >= 0.3 is 12.1 Å². The van der Waals surface area contributed by atoms with Gasteiger partial charge in [0.1, 0.15) is 11.5 Å². The molecule has 1 aliphatic heterocycles. The van der Waals surface area contributed by atoms with Crippen molar-refractivity contribution in [3.63, 3.8) is 0 Å². The van der Waals surface area contributed by atoms with Gasteiger partial charge in [-0.2, -0.15) is 13.2 Å². The average molecular weight is 407 g/mol. The number of carbonyl (C=O) groups is 1. The fraction of sp³-hybridized carbons (Fsp3) is 0.429. The molecule has 1 aromatic heterocycles. The van der Waals surface area contributed by atoms with Crippen LogP contribution in [0.15, 0.2) is 42.5 Å². The highest BCUT2D eigenvalue weighted by Gasteiger charge is 2.45. The Morgan fingerprint density at radius 2 is 1.83 bits per heavy atom. The van der Waals surface area contributed by atoms with Crippen molar-refractivity contribution in [2.45, 2.75) is 37.9 Å². The highest BCUT2D eigenvalue weighted by molar-refractivity contribution is 5.83. The van der Waals surface area contributed by atoms with Crippen molar-refractivity contribution in [1.82, 2.24) is 4.98 Å². The van der Waals surface area contributed by atoms with E-state index in [-0.39, 0.29) is 24.9 Å². The van der Waals surface area contributed by atoms with Gasteiger partial charge in [-0.05, 0) is 31.4 Å². The number of carbonyl (C=O) groups excluding carboxylic acids is 1. The first-order chi connectivity index (χ1) is 13.8. The molecule has 0 saturated carbocycles. The van der Waals surface area contributed by atoms with Crippen LogP contribution in [-0.4, -0.2) is 30.6 Å². The Balaban J connectivity index is 1.91. The summed E-state index contributed by atoms with van der Waals surface area (Å²) < 4.78 is 44.7. The summed E-state index contributed by atoms with van der Waals surface area (Å²) in [7, 11) is 0. The molecule has 3 rings (SSSR count). The number of esters is 1. The summed E-state index contributed by atoms with van der Waals surface area (Å²) in [6, 6.07) is 11.7. The molecule has 2 N–H and O–H groups in total. The van der Waals surface area contributed by atoms with Crippen LogP contribution in [0.5, 0.6) is 0 Å². The Kier molecular flexibility index (Phi) is 6.12. The number of nitrogens with zero attached hydrogens (tertiary/aromatic N) is 2. The predicted octanol–water partition coefficient (Wildman–Crippen LogP) is 3.66. The lowest BCUT2D eigenvalue weighted by molar-refractivity contribution is -0.151. The van der Waals surface area contributed by atoms with E-state index in [0.29, 0.717) is 31.5 Å². The molecular formula is C21H24F3N3O2. The second-order valence-corrected chi connectivity index (χ2v) is 7.04. The quantitative estimate of drug-likeness (QED) is 0.766. The summed E-state index contributed by atoms with van der Waals surface area (Å²) in [4.78, 5) is 18.5. The SMILES string of the molecule is CCOC(=O)C1(c2ccccc2)CCN(c2nc(C(F)(F)F)ccc2CN)CC1. The van der Waals surface area contributed by atoms with E-state index in [4.69, 9.17) is 10.5 Å². The van der Waals surface area contributed by atoms with Gasteiger partial charge in [-0.25, -0.2) is 4.98 Å². The molecular weight excluding hydrogens is 383 g/mol. The number of ether oxygens (including phenoxy) is 1. The lowest BCUT2D eigenvalue weighted by Gasteiger charge is -2.41. The van der Waals surface area contributed by atoms with Gasteiger partial charge in [0.2, 0.25) is 0 Å². The maximum absolute atomic E-state index is 13.1. The molecule has 0 spiro atoms. The van der Waals surface area contributed by atoms with Gasteiger partial charge in [-0.15, -0.1) is 0 Å². The minimum atomic E-state index is -4.53. The van der Waals surface area contributed by atoms with Crippen LogP contribution in [0.1, 0.15) is 36.6 Å². The second-order valence-electron chi connectivity index (χ2n) is 7.04. The van der Waals surface area contributed by atoms with Gasteiger partial charge in [0.05, 0.1) is 12.0 Å². The summed E-state index contributed by atoms with van der Waals surface area (Å²) >= 11 is 0. The number of rotatable bonds is 5. The number of benzene rings is 1. The summed E-state index contributed by atoms with van der Waals surface area (Å²) in [6.45, 7) is 2.85. The van der Waals surface area contributed by atoms with Gasteiger partial charge in [0, 0.05) is 25.2 Å². The van der Waals surface area contributed by atoms with E-state index in [0.717, 1.165) is 11.6 Å². The van der Waals surface area contributed by atoms with Crippen LogP contribution >= 0.6 is 0 Å². The molecule has 1 aliphatic rings. The molecule has 1 fully saturated rings. The van der Waals surface area contributed by atoms with Gasteiger partial charge in [-0.3, -0.25) is 4.79 Å². The molecule has 0 amide bonds. The van der Waals surface area contributed by atoms with Crippen LogP contribution in [0.3, 0.4) is 0 Å². The number of hydrogen-bond donors (Lipinski definition) is 1. The van der Waals surface area contributed by atoms with E-state index in [9.17, 15) is 18.0 Å². The third-order valence-electron chi connectivity index (χ3n) is 5.38. The lowest BCUT2D eigenvalue weighted by Crippen LogP contribution is -2.48. The summed E-state index contributed by atoms with van der Waals surface area (Å²) in [6.07, 6.45) is -3.70. The van der Waals surface area contributed by atoms with Gasteiger partial charge < -0.3 is 15.4 Å². The molecule has 1 saturated heterocycles. The molecule has 1 aromatic carbocycles. The molecule has 0 bridgehead atoms. The molecule has 0 unspecified atom stereocenters. The van der Waals surface area contributed by atoms with Crippen LogP contribution < -0.4 is 10.6 Å². The van der Waals surface area contributed by atoms with E-state index >= 15 is 0 Å². The van der Waals surface area contributed by atoms with Crippen LogP contribution in [0.2, 0.25) is 0 Å². The fourth-order valence-electron chi connectivity index (χ4n) is 3.81.